The largest absolute Gasteiger partial charge is 0.378 e. The molecule has 7 heteroatoms. The zero-order chi connectivity index (χ0) is 17.9. The van der Waals surface area contributed by atoms with Crippen molar-refractivity contribution >= 4 is 46.0 Å². The fourth-order valence-corrected chi connectivity index (χ4v) is 4.68. The quantitative estimate of drug-likeness (QED) is 0.582. The standard InChI is InChI=1S/C19H22N2O3S2/c22-18-17(26-19(25)21(18)13-16-2-1-9-24-16)12-14-3-5-15(6-4-14)20-7-10-23-11-8-20/h3-6,12,16H,1-2,7-11,13H2/b17-12-/t16-/m1/s1. The molecule has 1 atom stereocenters. The van der Waals surface area contributed by atoms with Gasteiger partial charge in [0.2, 0.25) is 0 Å². The number of ether oxygens (including phenoxy) is 2. The summed E-state index contributed by atoms with van der Waals surface area (Å²) >= 11 is 6.78. The zero-order valence-electron chi connectivity index (χ0n) is 14.6. The Labute approximate surface area is 163 Å². The second kappa shape index (κ2) is 8.08. The summed E-state index contributed by atoms with van der Waals surface area (Å²) in [6.07, 6.45) is 4.10. The first-order valence-electron chi connectivity index (χ1n) is 9.00. The fraction of sp³-hybridized carbons (Fsp3) is 0.474. The smallest absolute Gasteiger partial charge is 0.266 e. The van der Waals surface area contributed by atoms with Crippen LogP contribution in [0.3, 0.4) is 0 Å². The third kappa shape index (κ3) is 3.96. The molecule has 3 saturated heterocycles. The number of rotatable bonds is 4. The molecule has 138 valence electrons. The van der Waals surface area contributed by atoms with E-state index in [9.17, 15) is 4.79 Å². The number of anilines is 1. The van der Waals surface area contributed by atoms with Gasteiger partial charge in [-0.15, -0.1) is 0 Å². The molecule has 1 aromatic carbocycles. The Balaban J connectivity index is 1.44. The Hall–Kier alpha value is -1.41. The lowest BCUT2D eigenvalue weighted by atomic mass is 10.1. The van der Waals surface area contributed by atoms with Crippen molar-refractivity contribution in [1.82, 2.24) is 4.90 Å². The maximum atomic E-state index is 12.7. The number of morpholine rings is 1. The van der Waals surface area contributed by atoms with Crippen LogP contribution in [0, 0.1) is 0 Å². The van der Waals surface area contributed by atoms with Gasteiger partial charge in [-0.3, -0.25) is 9.69 Å². The Bertz CT molecular complexity index is 708. The van der Waals surface area contributed by atoms with Gasteiger partial charge in [-0.05, 0) is 36.6 Å². The van der Waals surface area contributed by atoms with Gasteiger partial charge < -0.3 is 14.4 Å². The molecule has 0 aliphatic carbocycles. The summed E-state index contributed by atoms with van der Waals surface area (Å²) in [6.45, 7) is 4.73. The van der Waals surface area contributed by atoms with E-state index < -0.39 is 0 Å². The van der Waals surface area contributed by atoms with Crippen molar-refractivity contribution < 1.29 is 14.3 Å². The first-order valence-corrected chi connectivity index (χ1v) is 10.2. The highest BCUT2D eigenvalue weighted by Crippen LogP contribution is 2.33. The van der Waals surface area contributed by atoms with Crippen molar-refractivity contribution in [3.63, 3.8) is 0 Å². The molecule has 26 heavy (non-hydrogen) atoms. The highest BCUT2D eigenvalue weighted by Gasteiger charge is 2.34. The van der Waals surface area contributed by atoms with Gasteiger partial charge >= 0.3 is 0 Å². The average Bonchev–Trinajstić information content (AvgIpc) is 3.27. The lowest BCUT2D eigenvalue weighted by Crippen LogP contribution is -2.36. The molecule has 1 aromatic rings. The van der Waals surface area contributed by atoms with Gasteiger partial charge in [0.25, 0.3) is 5.91 Å². The maximum absolute atomic E-state index is 12.7. The third-order valence-electron chi connectivity index (χ3n) is 4.85. The summed E-state index contributed by atoms with van der Waals surface area (Å²) in [5, 5.41) is 0. The van der Waals surface area contributed by atoms with Crippen LogP contribution < -0.4 is 4.90 Å². The van der Waals surface area contributed by atoms with Crippen LogP contribution >= 0.6 is 24.0 Å². The summed E-state index contributed by atoms with van der Waals surface area (Å²) < 4.78 is 11.7. The minimum absolute atomic E-state index is 0.00671. The van der Waals surface area contributed by atoms with Gasteiger partial charge in [0.15, 0.2) is 0 Å². The zero-order valence-corrected chi connectivity index (χ0v) is 16.2. The summed E-state index contributed by atoms with van der Waals surface area (Å²) in [5.74, 6) is -0.00671. The van der Waals surface area contributed by atoms with E-state index in [4.69, 9.17) is 21.7 Å². The van der Waals surface area contributed by atoms with E-state index in [1.807, 2.05) is 6.08 Å². The molecule has 3 aliphatic heterocycles. The van der Waals surface area contributed by atoms with Crippen LogP contribution in [-0.4, -0.2) is 60.7 Å². The van der Waals surface area contributed by atoms with Crippen molar-refractivity contribution in [3.05, 3.63) is 34.7 Å². The molecule has 3 fully saturated rings. The predicted octanol–water partition coefficient (Wildman–Crippen LogP) is 2.90. The Morgan fingerprint density at radius 1 is 1.19 bits per heavy atom. The lowest BCUT2D eigenvalue weighted by molar-refractivity contribution is -0.123. The number of thioether (sulfide) groups is 1. The summed E-state index contributed by atoms with van der Waals surface area (Å²) in [5.41, 5.74) is 2.20. The van der Waals surface area contributed by atoms with E-state index in [2.05, 4.69) is 29.2 Å². The number of hydrogen-bond donors (Lipinski definition) is 0. The van der Waals surface area contributed by atoms with Crippen LogP contribution in [0.15, 0.2) is 29.2 Å². The van der Waals surface area contributed by atoms with Crippen LogP contribution in [0.2, 0.25) is 0 Å². The lowest BCUT2D eigenvalue weighted by Gasteiger charge is -2.28. The maximum Gasteiger partial charge on any atom is 0.266 e. The predicted molar refractivity (Wildman–Crippen MR) is 108 cm³/mol. The van der Waals surface area contributed by atoms with Crippen LogP contribution in [-0.2, 0) is 14.3 Å². The van der Waals surface area contributed by atoms with Crippen LogP contribution in [0.5, 0.6) is 0 Å². The number of amides is 1. The SMILES string of the molecule is O=C1/C(=C/c2ccc(N3CCOCC3)cc2)SC(=S)N1C[C@H]1CCCO1. The molecule has 0 aromatic heterocycles. The number of thiocarbonyl (C=S) groups is 1. The number of carbonyl (C=O) groups excluding carboxylic acids is 1. The number of carbonyl (C=O) groups is 1. The topological polar surface area (TPSA) is 42.0 Å². The second-order valence-corrected chi connectivity index (χ2v) is 8.29. The molecule has 1 amide bonds. The number of nitrogens with zero attached hydrogens (tertiary/aromatic N) is 2. The molecular formula is C19H22N2O3S2. The van der Waals surface area contributed by atoms with Crippen molar-refractivity contribution in [1.29, 1.82) is 0 Å². The van der Waals surface area contributed by atoms with E-state index in [0.717, 1.165) is 51.3 Å². The van der Waals surface area contributed by atoms with Crippen LogP contribution in [0.1, 0.15) is 18.4 Å². The van der Waals surface area contributed by atoms with Gasteiger partial charge in [-0.2, -0.15) is 0 Å². The Morgan fingerprint density at radius 3 is 2.65 bits per heavy atom. The first-order chi connectivity index (χ1) is 12.7. The molecular weight excluding hydrogens is 368 g/mol. The second-order valence-electron chi connectivity index (χ2n) is 6.62. The molecule has 0 radical (unpaired) electrons. The third-order valence-corrected chi connectivity index (χ3v) is 6.23. The summed E-state index contributed by atoms with van der Waals surface area (Å²) in [7, 11) is 0. The van der Waals surface area contributed by atoms with Gasteiger partial charge in [-0.25, -0.2) is 0 Å². The number of hydrogen-bond acceptors (Lipinski definition) is 6. The van der Waals surface area contributed by atoms with Crippen molar-refractivity contribution in [2.24, 2.45) is 0 Å². The summed E-state index contributed by atoms with van der Waals surface area (Å²) in [6, 6.07) is 8.31. The fourth-order valence-electron chi connectivity index (χ4n) is 3.40. The molecule has 0 saturated carbocycles. The molecule has 4 rings (SSSR count). The molecule has 0 bridgehead atoms. The van der Waals surface area contributed by atoms with Gasteiger partial charge in [0.1, 0.15) is 4.32 Å². The molecule has 0 unspecified atom stereocenters. The minimum Gasteiger partial charge on any atom is -0.378 e. The highest BCUT2D eigenvalue weighted by molar-refractivity contribution is 8.26. The first kappa shape index (κ1) is 18.0. The minimum atomic E-state index is -0.00671. The average molecular weight is 391 g/mol. The van der Waals surface area contributed by atoms with Gasteiger partial charge in [0.05, 0.1) is 30.8 Å². The molecule has 3 heterocycles. The molecule has 0 N–H and O–H groups in total. The van der Waals surface area contributed by atoms with E-state index in [1.165, 1.54) is 17.4 Å². The Kier molecular flexibility index (Phi) is 5.59. The van der Waals surface area contributed by atoms with E-state index >= 15 is 0 Å². The van der Waals surface area contributed by atoms with Crippen molar-refractivity contribution in [3.8, 4) is 0 Å². The molecule has 5 nitrogen and oxygen atoms in total. The highest BCUT2D eigenvalue weighted by atomic mass is 32.2. The van der Waals surface area contributed by atoms with Gasteiger partial charge in [0, 0.05) is 25.4 Å². The molecule has 0 spiro atoms. The van der Waals surface area contributed by atoms with E-state index in [0.29, 0.717) is 15.8 Å². The van der Waals surface area contributed by atoms with E-state index in [1.54, 1.807) is 4.90 Å². The monoisotopic (exact) mass is 390 g/mol. The summed E-state index contributed by atoms with van der Waals surface area (Å²) in [4.78, 5) is 17.4. The number of benzene rings is 1. The Morgan fingerprint density at radius 2 is 1.96 bits per heavy atom. The van der Waals surface area contributed by atoms with Crippen molar-refractivity contribution in [2.45, 2.75) is 18.9 Å². The van der Waals surface area contributed by atoms with Crippen LogP contribution in [0.4, 0.5) is 5.69 Å². The van der Waals surface area contributed by atoms with Crippen molar-refractivity contribution in [2.75, 3.05) is 44.4 Å². The molecule has 3 aliphatic rings. The normalized spacial score (nSPS) is 25.5. The van der Waals surface area contributed by atoms with Crippen LogP contribution in [0.25, 0.3) is 6.08 Å². The van der Waals surface area contributed by atoms with E-state index in [-0.39, 0.29) is 12.0 Å². The van der Waals surface area contributed by atoms with Gasteiger partial charge in [-0.1, -0.05) is 36.1 Å².